The van der Waals surface area contributed by atoms with E-state index in [-0.39, 0.29) is 5.54 Å². The summed E-state index contributed by atoms with van der Waals surface area (Å²) in [4.78, 5) is 10.6. The van der Waals surface area contributed by atoms with E-state index in [9.17, 15) is 9.90 Å². The maximum atomic E-state index is 10.6. The Morgan fingerprint density at radius 2 is 1.81 bits per heavy atom. The second kappa shape index (κ2) is 8.09. The van der Waals surface area contributed by atoms with Crippen LogP contribution in [0, 0.1) is 0 Å². The fraction of sp³-hybridized carbons (Fsp3) is 0.400. The van der Waals surface area contributed by atoms with Crippen molar-refractivity contribution in [1.82, 2.24) is 0 Å². The van der Waals surface area contributed by atoms with Gasteiger partial charge >= 0.3 is 8.80 Å². The third-order valence-electron chi connectivity index (χ3n) is 3.46. The van der Waals surface area contributed by atoms with Gasteiger partial charge in [-0.2, -0.15) is 0 Å². The minimum Gasteiger partial charge on any atom is -0.545 e. The first kappa shape index (κ1) is 17.6. The van der Waals surface area contributed by atoms with Crippen molar-refractivity contribution in [2.45, 2.75) is 18.9 Å². The number of benzene rings is 1. The van der Waals surface area contributed by atoms with Crippen molar-refractivity contribution in [3.63, 3.8) is 0 Å². The first-order valence-corrected chi connectivity index (χ1v) is 8.48. The molecule has 0 aliphatic carbocycles. The molecule has 0 saturated carbocycles. The largest absolute Gasteiger partial charge is 0.545 e. The molecule has 1 rings (SSSR count). The molecule has 116 valence electrons. The molecular formula is C15H21O5Si-. The molecule has 0 radical (unpaired) electrons. The summed E-state index contributed by atoms with van der Waals surface area (Å²) in [5.74, 6) is -1.23. The minimum absolute atomic E-state index is 0.0832. The number of carbonyl (C=O) groups excluding carboxylic acids is 1. The van der Waals surface area contributed by atoms with Crippen LogP contribution in [0.25, 0.3) is 6.08 Å². The van der Waals surface area contributed by atoms with Crippen molar-refractivity contribution >= 4 is 20.8 Å². The standard InChI is InChI=1S/C15H22O5Si/c1-5-14(21(18-2,19-3)20-4)13-9-7-6-8-12(13)10-11-15(16)17/h6-11,14H,5H2,1-4H3,(H,16,17)/p-1/b11-10+. The fourth-order valence-corrected chi connectivity index (χ4v) is 4.97. The number of hydrogen-bond acceptors (Lipinski definition) is 5. The van der Waals surface area contributed by atoms with Gasteiger partial charge in [0, 0.05) is 21.3 Å². The topological polar surface area (TPSA) is 67.8 Å². The Morgan fingerprint density at radius 1 is 1.24 bits per heavy atom. The van der Waals surface area contributed by atoms with Crippen LogP contribution in [0.3, 0.4) is 0 Å². The second-order valence-electron chi connectivity index (χ2n) is 4.46. The lowest BCUT2D eigenvalue weighted by atomic mass is 10.0. The van der Waals surface area contributed by atoms with Crippen molar-refractivity contribution in [1.29, 1.82) is 0 Å². The summed E-state index contributed by atoms with van der Waals surface area (Å²) in [5.41, 5.74) is 1.64. The molecule has 1 aromatic rings. The maximum Gasteiger partial charge on any atom is 0.508 e. The lowest BCUT2D eigenvalue weighted by molar-refractivity contribution is -0.297. The molecule has 1 unspecified atom stereocenters. The summed E-state index contributed by atoms with van der Waals surface area (Å²) in [6.07, 6.45) is 3.28. The summed E-state index contributed by atoms with van der Waals surface area (Å²) < 4.78 is 16.7. The molecule has 1 atom stereocenters. The SMILES string of the molecule is CCC(c1ccccc1/C=C/C(=O)[O-])[Si](OC)(OC)OC. The van der Waals surface area contributed by atoms with E-state index in [1.807, 2.05) is 31.2 Å². The van der Waals surface area contributed by atoms with Gasteiger partial charge in [-0.15, -0.1) is 0 Å². The molecule has 0 spiro atoms. The van der Waals surface area contributed by atoms with Gasteiger partial charge in [-0.1, -0.05) is 37.3 Å². The molecule has 1 aromatic carbocycles. The molecule has 0 N–H and O–H groups in total. The Morgan fingerprint density at radius 3 is 2.29 bits per heavy atom. The quantitative estimate of drug-likeness (QED) is 0.536. The second-order valence-corrected chi connectivity index (χ2v) is 7.59. The van der Waals surface area contributed by atoms with Crippen LogP contribution >= 0.6 is 0 Å². The van der Waals surface area contributed by atoms with E-state index in [0.29, 0.717) is 0 Å². The fourth-order valence-electron chi connectivity index (χ4n) is 2.47. The van der Waals surface area contributed by atoms with Crippen molar-refractivity contribution in [3.8, 4) is 0 Å². The van der Waals surface area contributed by atoms with E-state index in [0.717, 1.165) is 23.6 Å². The lowest BCUT2D eigenvalue weighted by Gasteiger charge is -2.33. The smallest absolute Gasteiger partial charge is 0.508 e. The molecule has 0 fully saturated rings. The zero-order chi connectivity index (χ0) is 15.9. The highest BCUT2D eigenvalue weighted by Gasteiger charge is 2.47. The molecule has 0 saturated heterocycles. The van der Waals surface area contributed by atoms with Crippen molar-refractivity contribution in [3.05, 3.63) is 41.5 Å². The average Bonchev–Trinajstić information content (AvgIpc) is 2.51. The van der Waals surface area contributed by atoms with Crippen LogP contribution in [0.5, 0.6) is 0 Å². The summed E-state index contributed by atoms with van der Waals surface area (Å²) >= 11 is 0. The number of carboxylic acid groups (broad SMARTS) is 1. The van der Waals surface area contributed by atoms with E-state index in [1.165, 1.54) is 6.08 Å². The number of rotatable bonds is 8. The Bertz CT molecular complexity index is 488. The van der Waals surface area contributed by atoms with Crippen molar-refractivity contribution < 1.29 is 23.2 Å². The van der Waals surface area contributed by atoms with Gasteiger partial charge in [-0.25, -0.2) is 0 Å². The first-order valence-electron chi connectivity index (χ1n) is 6.68. The highest BCUT2D eigenvalue weighted by atomic mass is 28.4. The zero-order valence-corrected chi connectivity index (χ0v) is 13.8. The third kappa shape index (κ3) is 4.01. The summed E-state index contributed by atoms with van der Waals surface area (Å²) in [6, 6.07) is 7.52. The third-order valence-corrected chi connectivity index (χ3v) is 6.74. The van der Waals surface area contributed by atoms with Crippen LogP contribution in [-0.4, -0.2) is 36.1 Å². The Hall–Kier alpha value is -1.47. The van der Waals surface area contributed by atoms with Gasteiger partial charge in [0.05, 0.1) is 11.5 Å². The Balaban J connectivity index is 3.31. The molecule has 21 heavy (non-hydrogen) atoms. The maximum absolute atomic E-state index is 10.6. The highest BCUT2D eigenvalue weighted by molar-refractivity contribution is 6.62. The first-order chi connectivity index (χ1) is 10.0. The van der Waals surface area contributed by atoms with Crippen LogP contribution in [0.4, 0.5) is 0 Å². The van der Waals surface area contributed by atoms with Gasteiger partial charge in [0.15, 0.2) is 0 Å². The van der Waals surface area contributed by atoms with Gasteiger partial charge < -0.3 is 23.2 Å². The lowest BCUT2D eigenvalue weighted by Crippen LogP contribution is -2.49. The molecule has 0 aliphatic rings. The molecule has 0 bridgehead atoms. The summed E-state index contributed by atoms with van der Waals surface area (Å²) in [7, 11) is 1.84. The normalized spacial score (nSPS) is 13.5. The van der Waals surface area contributed by atoms with Gasteiger partial charge in [0.2, 0.25) is 0 Å². The van der Waals surface area contributed by atoms with Crippen LogP contribution < -0.4 is 5.11 Å². The van der Waals surface area contributed by atoms with Gasteiger partial charge in [0.25, 0.3) is 0 Å². The van der Waals surface area contributed by atoms with Crippen LogP contribution in [0.2, 0.25) is 0 Å². The number of carbonyl (C=O) groups is 1. The van der Waals surface area contributed by atoms with Crippen LogP contribution in [-0.2, 0) is 18.1 Å². The van der Waals surface area contributed by atoms with Crippen LogP contribution in [0.15, 0.2) is 30.3 Å². The van der Waals surface area contributed by atoms with Crippen molar-refractivity contribution in [2.75, 3.05) is 21.3 Å². The van der Waals surface area contributed by atoms with E-state index >= 15 is 0 Å². The highest BCUT2D eigenvalue weighted by Crippen LogP contribution is 2.34. The van der Waals surface area contributed by atoms with E-state index < -0.39 is 14.8 Å². The monoisotopic (exact) mass is 309 g/mol. The van der Waals surface area contributed by atoms with Gasteiger partial charge in [-0.05, 0) is 23.6 Å². The minimum atomic E-state index is -2.87. The average molecular weight is 309 g/mol. The summed E-state index contributed by atoms with van der Waals surface area (Å²) in [5, 5.41) is 10.6. The molecular weight excluding hydrogens is 288 g/mol. The van der Waals surface area contributed by atoms with Crippen molar-refractivity contribution in [2.24, 2.45) is 0 Å². The van der Waals surface area contributed by atoms with E-state index in [1.54, 1.807) is 21.3 Å². The predicted molar refractivity (Wildman–Crippen MR) is 80.3 cm³/mol. The molecule has 0 amide bonds. The molecule has 6 heteroatoms. The number of hydrogen-bond donors (Lipinski definition) is 0. The zero-order valence-electron chi connectivity index (χ0n) is 12.8. The Labute approximate surface area is 126 Å². The number of carboxylic acids is 1. The predicted octanol–water partition coefficient (Wildman–Crippen LogP) is 1.36. The molecule has 5 nitrogen and oxygen atoms in total. The van der Waals surface area contributed by atoms with E-state index in [2.05, 4.69) is 0 Å². The summed E-state index contributed by atoms with van der Waals surface area (Å²) in [6.45, 7) is 2.02. The van der Waals surface area contributed by atoms with Crippen LogP contribution in [0.1, 0.15) is 30.0 Å². The van der Waals surface area contributed by atoms with Gasteiger partial charge in [-0.3, -0.25) is 0 Å². The Kier molecular flexibility index (Phi) is 6.77. The molecule has 0 aliphatic heterocycles. The molecule has 0 heterocycles. The van der Waals surface area contributed by atoms with Gasteiger partial charge in [0.1, 0.15) is 0 Å². The number of aliphatic carboxylic acids is 1. The molecule has 0 aromatic heterocycles. The van der Waals surface area contributed by atoms with E-state index in [4.69, 9.17) is 13.3 Å².